The third kappa shape index (κ3) is 21.2. The van der Waals surface area contributed by atoms with Crippen molar-refractivity contribution in [3.05, 3.63) is 81.1 Å². The normalized spacial score (nSPS) is 22.9. The Bertz CT molecular complexity index is 2600. The van der Waals surface area contributed by atoms with Crippen LogP contribution in [0.2, 0.25) is 10.0 Å². The molecule has 4 aliphatic carbocycles. The summed E-state index contributed by atoms with van der Waals surface area (Å²) in [6, 6.07) is 10.6. The minimum Gasteiger partial charge on any atom is -0.857 e. The number of phosphoric ester groups is 2. The van der Waals surface area contributed by atoms with Crippen molar-refractivity contribution in [2.45, 2.75) is 102 Å². The first-order valence-corrected chi connectivity index (χ1v) is 29.4. The number of benzene rings is 2. The van der Waals surface area contributed by atoms with Crippen molar-refractivity contribution in [1.29, 1.82) is 0 Å². The van der Waals surface area contributed by atoms with Gasteiger partial charge >= 0.3 is 96.5 Å². The number of carbonyl (C=O) groups is 2. The number of aromatic nitrogens is 4. The van der Waals surface area contributed by atoms with Crippen molar-refractivity contribution in [3.8, 4) is 11.5 Å². The number of anilines is 4. The molecule has 2 aromatic heterocycles. The van der Waals surface area contributed by atoms with Gasteiger partial charge in [0.1, 0.15) is 34.3 Å². The predicted molar refractivity (Wildman–Crippen MR) is 285 cm³/mol. The first-order chi connectivity index (χ1) is 37.4. The van der Waals surface area contributed by atoms with Crippen LogP contribution in [0.4, 0.5) is 23.5 Å². The summed E-state index contributed by atoms with van der Waals surface area (Å²) in [5.41, 5.74) is 2.45. The Balaban J connectivity index is 0.000000317. The Morgan fingerprint density at radius 3 is 1.31 bits per heavy atom. The van der Waals surface area contributed by atoms with E-state index in [0.717, 1.165) is 51.5 Å². The number of halogens is 2. The van der Waals surface area contributed by atoms with Crippen LogP contribution >= 0.6 is 38.8 Å². The van der Waals surface area contributed by atoms with Gasteiger partial charge in [0, 0.05) is 70.9 Å². The van der Waals surface area contributed by atoms with Gasteiger partial charge in [-0.2, -0.15) is 17.1 Å². The molecule has 7 N–H and O–H groups in total. The third-order valence-electron chi connectivity index (χ3n) is 14.5. The molecule has 10 rings (SSSR count). The fourth-order valence-electron chi connectivity index (χ4n) is 10.3. The molecular weight excluding hydrogens is 1170 g/mol. The summed E-state index contributed by atoms with van der Waals surface area (Å²) in [4.78, 5) is 89.1. The molecule has 2 amide bonds. The van der Waals surface area contributed by atoms with E-state index in [9.17, 15) is 28.5 Å². The number of nitrogens with zero attached hydrogens (tertiary/aromatic N) is 6. The number of rotatable bonds is 18. The molecule has 2 aliphatic heterocycles. The van der Waals surface area contributed by atoms with Crippen LogP contribution in [0, 0.1) is 23.7 Å². The Morgan fingerprint density at radius 1 is 0.630 bits per heavy atom. The Kier molecular flexibility index (Phi) is 29.4. The predicted octanol–water partition coefficient (Wildman–Crippen LogP) is -4.95. The Morgan fingerprint density at radius 2 is 0.988 bits per heavy atom. The smallest absolute Gasteiger partial charge is 0.857 e. The van der Waals surface area contributed by atoms with E-state index >= 15 is 0 Å². The van der Waals surface area contributed by atoms with Gasteiger partial charge in [0.2, 0.25) is 11.9 Å². The fraction of sp³-hybridized carbons (Fsp3) is 0.560. The molecule has 2 saturated heterocycles. The summed E-state index contributed by atoms with van der Waals surface area (Å²) in [6.45, 7) is 4.51. The standard InChI is InChI=1S/2C24H31ClN5O6P.CH4O.CH3O.3Na/c2*1-35-21-7-2-14(8-20(21)25)10-26-22-19(11-27-24(29-22)30-12-15-9-16(15)13-30)23(31)28-17-3-5-18(6-4-17)36-37(32,33)34;2*1-2;;;/h2*2,7-8,11,15-18H,3-6,9-10,12-13H2,1H3,(H,28,31)(H,26,27,29)(H2,32,33,34);2H,1H3;1H3;;;/q;;;-1;3*+1/p-2. The zero-order chi connectivity index (χ0) is 56.3. The van der Waals surface area contributed by atoms with E-state index in [4.69, 9.17) is 67.2 Å². The van der Waals surface area contributed by atoms with Gasteiger partial charge in [0.25, 0.3) is 11.8 Å². The minimum absolute atomic E-state index is 0. The number of methoxy groups -OCH3 is 2. The van der Waals surface area contributed by atoms with Crippen LogP contribution in [0.25, 0.3) is 0 Å². The number of hydrogen-bond acceptors (Lipinski definition) is 20. The van der Waals surface area contributed by atoms with E-state index in [1.165, 1.54) is 12.8 Å². The number of hydrogen-bond donors (Lipinski definition) is 7. The average molecular weight is 1230 g/mol. The van der Waals surface area contributed by atoms with Gasteiger partial charge in [-0.3, -0.25) is 14.1 Å². The third-order valence-corrected chi connectivity index (χ3v) is 16.2. The molecule has 428 valence electrons. The van der Waals surface area contributed by atoms with E-state index in [2.05, 4.69) is 45.6 Å². The number of amides is 2. The van der Waals surface area contributed by atoms with E-state index in [-0.39, 0.29) is 113 Å². The molecule has 2 aromatic carbocycles. The molecule has 0 radical (unpaired) electrons. The van der Waals surface area contributed by atoms with Crippen molar-refractivity contribution < 1.29 is 156 Å². The van der Waals surface area contributed by atoms with E-state index in [1.54, 1.807) is 50.9 Å². The molecular formula is C50H67Cl2N10Na3O14P2. The monoisotopic (exact) mass is 1230 g/mol. The van der Waals surface area contributed by atoms with Crippen LogP contribution in [0.3, 0.4) is 0 Å². The molecule has 4 saturated carbocycles. The molecule has 4 atom stereocenters. The zero-order valence-corrected chi connectivity index (χ0v) is 56.0. The van der Waals surface area contributed by atoms with Crippen molar-refractivity contribution >= 4 is 74.2 Å². The van der Waals surface area contributed by atoms with Crippen molar-refractivity contribution in [2.24, 2.45) is 23.7 Å². The summed E-state index contributed by atoms with van der Waals surface area (Å²) in [7, 11) is -4.68. The van der Waals surface area contributed by atoms with Crippen molar-refractivity contribution in [1.82, 2.24) is 30.6 Å². The van der Waals surface area contributed by atoms with Gasteiger partial charge < -0.3 is 79.4 Å². The molecule has 0 spiro atoms. The van der Waals surface area contributed by atoms with Crippen LogP contribution in [0.5, 0.6) is 11.5 Å². The topological polar surface area (TPSA) is 341 Å². The first-order valence-electron chi connectivity index (χ1n) is 25.6. The average Bonchev–Trinajstić information content (AvgIpc) is 4.37. The second kappa shape index (κ2) is 33.3. The van der Waals surface area contributed by atoms with Crippen molar-refractivity contribution in [2.75, 3.05) is 75.1 Å². The first kappa shape index (κ1) is 71.5. The van der Waals surface area contributed by atoms with Crippen LogP contribution < -0.4 is 144 Å². The molecule has 4 heterocycles. The number of carbonyl (C=O) groups excluding carboxylic acids is 2. The van der Waals surface area contributed by atoms with Gasteiger partial charge in [0.05, 0.1) is 44.3 Å². The zero-order valence-electron chi connectivity index (χ0n) is 46.7. The maximum atomic E-state index is 13.2. The second-order valence-corrected chi connectivity index (χ2v) is 23.0. The molecule has 24 nitrogen and oxygen atoms in total. The number of aliphatic hydroxyl groups is 1. The largest absolute Gasteiger partial charge is 1.00 e. The SMILES string of the molecule is CO.COc1ccc(CNc2nc(N3CC4CC4C3)ncc2C(=O)NC2CCC(OP(=O)(O)O)CC2)cc1Cl.COc1ccc(CNc2nc(N3CC4CC4C3)ncc2C(=O)NC2CCC(OP(=O)([O-])[O-])CC2)cc1Cl.C[O-].[Na+].[Na+].[Na+]. The van der Waals surface area contributed by atoms with Crippen LogP contribution in [-0.2, 0) is 31.3 Å². The molecule has 0 bridgehead atoms. The summed E-state index contributed by atoms with van der Waals surface area (Å²) in [5.74, 6) is 5.45. The maximum absolute atomic E-state index is 13.2. The van der Waals surface area contributed by atoms with E-state index in [1.807, 2.05) is 12.1 Å². The van der Waals surface area contributed by atoms with Gasteiger partial charge in [-0.25, -0.2) is 14.5 Å². The Labute approximate surface area is 548 Å². The Hall–Kier alpha value is -1.94. The summed E-state index contributed by atoms with van der Waals surface area (Å²) < 4.78 is 41.8. The second-order valence-electron chi connectivity index (χ2n) is 19.9. The summed E-state index contributed by atoms with van der Waals surface area (Å²) >= 11 is 12.5. The molecule has 31 heteroatoms. The number of phosphoric acid groups is 2. The van der Waals surface area contributed by atoms with Crippen LogP contribution in [-0.4, -0.2) is 126 Å². The number of nitrogens with one attached hydrogen (secondary N) is 4. The number of piperidine rings is 2. The van der Waals surface area contributed by atoms with Gasteiger partial charge in [-0.05, 0) is 123 Å². The number of ether oxygens (including phenoxy) is 2. The molecule has 81 heavy (non-hydrogen) atoms. The van der Waals surface area contributed by atoms with Gasteiger partial charge in [-0.1, -0.05) is 35.3 Å². The fourth-order valence-corrected chi connectivity index (χ4v) is 12.0. The summed E-state index contributed by atoms with van der Waals surface area (Å²) in [6.07, 6.45) is 8.22. The van der Waals surface area contributed by atoms with E-state index in [0.29, 0.717) is 144 Å². The van der Waals surface area contributed by atoms with Crippen LogP contribution in [0.1, 0.15) is 96.1 Å². The molecule has 4 unspecified atom stereocenters. The molecule has 6 fully saturated rings. The quantitative estimate of drug-likeness (QED) is 0.0362. The minimum atomic E-state index is -5.02. The maximum Gasteiger partial charge on any atom is 1.00 e. The van der Waals surface area contributed by atoms with E-state index < -0.39 is 27.9 Å². The molecule has 6 aliphatic rings. The number of aliphatic hydroxyl groups excluding tert-OH is 1. The van der Waals surface area contributed by atoms with Crippen molar-refractivity contribution in [3.63, 3.8) is 0 Å². The van der Waals surface area contributed by atoms with Gasteiger partial charge in [-0.15, -0.1) is 0 Å². The van der Waals surface area contributed by atoms with Gasteiger partial charge in [0.15, 0.2) is 0 Å². The summed E-state index contributed by atoms with van der Waals surface area (Å²) in [5, 5.41) is 28.8. The molecule has 4 aromatic rings. The van der Waals surface area contributed by atoms with Crippen LogP contribution in [0.15, 0.2) is 48.8 Å². The number of fused-ring (bicyclic) bond motifs is 2.